The van der Waals surface area contributed by atoms with Gasteiger partial charge >= 0.3 is 5.97 Å². The lowest BCUT2D eigenvalue weighted by molar-refractivity contribution is -0.141. The Bertz CT molecular complexity index is 463. The quantitative estimate of drug-likeness (QED) is 0.839. The zero-order valence-corrected chi connectivity index (χ0v) is 9.74. The molecule has 2 N–H and O–H groups in total. The van der Waals surface area contributed by atoms with Crippen LogP contribution in [0.1, 0.15) is 18.9 Å². The smallest absolute Gasteiger partial charge is 0.326 e. The summed E-state index contributed by atoms with van der Waals surface area (Å²) in [5, 5.41) is 11.0. The normalized spacial score (nSPS) is 11.9. The van der Waals surface area contributed by atoms with Gasteiger partial charge in [0, 0.05) is 0 Å². The minimum Gasteiger partial charge on any atom is -0.480 e. The number of carboxylic acids is 1. The molecule has 0 fully saturated rings. The molecule has 0 aromatic heterocycles. The molecule has 0 saturated heterocycles. The van der Waals surface area contributed by atoms with Gasteiger partial charge in [0.1, 0.15) is 6.04 Å². The van der Waals surface area contributed by atoms with Gasteiger partial charge in [0.25, 0.3) is 0 Å². The highest BCUT2D eigenvalue weighted by Gasteiger charge is 2.17. The van der Waals surface area contributed by atoms with E-state index < -0.39 is 29.6 Å². The number of aliphatic carboxylic acids is 1. The first-order valence-corrected chi connectivity index (χ1v) is 5.40. The van der Waals surface area contributed by atoms with Crippen molar-refractivity contribution >= 4 is 11.9 Å². The summed E-state index contributed by atoms with van der Waals surface area (Å²) in [5.41, 5.74) is 0.284. The van der Waals surface area contributed by atoms with Crippen molar-refractivity contribution in [3.63, 3.8) is 0 Å². The van der Waals surface area contributed by atoms with E-state index in [0.717, 1.165) is 12.1 Å². The zero-order valence-electron chi connectivity index (χ0n) is 9.74. The van der Waals surface area contributed by atoms with Gasteiger partial charge in [-0.15, -0.1) is 0 Å². The first-order valence-electron chi connectivity index (χ1n) is 5.40. The second-order valence-electron chi connectivity index (χ2n) is 3.79. The second kappa shape index (κ2) is 6.09. The molecule has 0 aliphatic rings. The molecule has 4 nitrogen and oxygen atoms in total. The van der Waals surface area contributed by atoms with E-state index in [2.05, 4.69) is 5.32 Å². The zero-order chi connectivity index (χ0) is 13.7. The molecule has 1 atom stereocenters. The Labute approximate surface area is 103 Å². The van der Waals surface area contributed by atoms with E-state index in [1.807, 2.05) is 0 Å². The predicted molar refractivity (Wildman–Crippen MR) is 59.9 cm³/mol. The molecular weight excluding hydrogens is 244 g/mol. The molecule has 0 spiro atoms. The summed E-state index contributed by atoms with van der Waals surface area (Å²) in [6.07, 6.45) is 0.0554. The summed E-state index contributed by atoms with van der Waals surface area (Å²) in [6.45, 7) is 1.62. The van der Waals surface area contributed by atoms with Gasteiger partial charge in [-0.1, -0.05) is 13.0 Å². The van der Waals surface area contributed by atoms with Crippen LogP contribution in [0.2, 0.25) is 0 Å². The molecule has 1 rings (SSSR count). The van der Waals surface area contributed by atoms with Crippen LogP contribution in [-0.2, 0) is 16.0 Å². The highest BCUT2D eigenvalue weighted by Crippen LogP contribution is 2.09. The molecular formula is C12H13F2NO3. The van der Waals surface area contributed by atoms with Gasteiger partial charge in [0.2, 0.25) is 5.91 Å². The minimum absolute atomic E-state index is 0.193. The van der Waals surface area contributed by atoms with Crippen LogP contribution in [0.15, 0.2) is 18.2 Å². The number of halogens is 2. The fourth-order valence-corrected chi connectivity index (χ4v) is 1.42. The maximum atomic E-state index is 12.9. The molecule has 98 valence electrons. The highest BCUT2D eigenvalue weighted by atomic mass is 19.2. The number of carbonyl (C=O) groups is 2. The third-order valence-corrected chi connectivity index (χ3v) is 2.39. The Kier molecular flexibility index (Phi) is 4.76. The van der Waals surface area contributed by atoms with Crippen molar-refractivity contribution in [1.82, 2.24) is 5.32 Å². The van der Waals surface area contributed by atoms with Gasteiger partial charge in [-0.3, -0.25) is 4.79 Å². The van der Waals surface area contributed by atoms with Gasteiger partial charge in [0.15, 0.2) is 11.6 Å². The van der Waals surface area contributed by atoms with Crippen molar-refractivity contribution < 1.29 is 23.5 Å². The van der Waals surface area contributed by atoms with Crippen molar-refractivity contribution in [2.24, 2.45) is 0 Å². The molecule has 6 heteroatoms. The predicted octanol–water partition coefficient (Wildman–Crippen LogP) is 1.49. The third-order valence-electron chi connectivity index (χ3n) is 2.39. The van der Waals surface area contributed by atoms with Gasteiger partial charge in [-0.25, -0.2) is 13.6 Å². The molecule has 18 heavy (non-hydrogen) atoms. The monoisotopic (exact) mass is 257 g/mol. The van der Waals surface area contributed by atoms with Gasteiger partial charge < -0.3 is 10.4 Å². The SMILES string of the molecule is CCC(NC(=O)Cc1ccc(F)c(F)c1)C(=O)O. The summed E-state index contributed by atoms with van der Waals surface area (Å²) in [6, 6.07) is 2.14. The Morgan fingerprint density at radius 3 is 2.50 bits per heavy atom. The fourth-order valence-electron chi connectivity index (χ4n) is 1.42. The summed E-state index contributed by atoms with van der Waals surface area (Å²) in [7, 11) is 0. The van der Waals surface area contributed by atoms with Crippen LogP contribution >= 0.6 is 0 Å². The second-order valence-corrected chi connectivity index (χ2v) is 3.79. The van der Waals surface area contributed by atoms with Crippen LogP contribution in [0.4, 0.5) is 8.78 Å². The van der Waals surface area contributed by atoms with Crippen LogP contribution in [-0.4, -0.2) is 23.0 Å². The summed E-state index contributed by atoms with van der Waals surface area (Å²) >= 11 is 0. The Morgan fingerprint density at radius 2 is 2.00 bits per heavy atom. The highest BCUT2D eigenvalue weighted by molar-refractivity contribution is 5.84. The van der Waals surface area contributed by atoms with Crippen LogP contribution in [0.25, 0.3) is 0 Å². The minimum atomic E-state index is -1.13. The van der Waals surface area contributed by atoms with E-state index in [4.69, 9.17) is 5.11 Å². The number of hydrogen-bond acceptors (Lipinski definition) is 2. The van der Waals surface area contributed by atoms with Crippen LogP contribution < -0.4 is 5.32 Å². The first-order chi connectivity index (χ1) is 8.43. The maximum Gasteiger partial charge on any atom is 0.326 e. The molecule has 0 heterocycles. The lowest BCUT2D eigenvalue weighted by Gasteiger charge is -2.12. The molecule has 0 aliphatic heterocycles. The van der Waals surface area contributed by atoms with Crippen molar-refractivity contribution in [1.29, 1.82) is 0 Å². The molecule has 0 radical (unpaired) electrons. The lowest BCUT2D eigenvalue weighted by atomic mass is 10.1. The van der Waals surface area contributed by atoms with Crippen LogP contribution in [0.3, 0.4) is 0 Å². The van der Waals surface area contributed by atoms with Crippen LogP contribution in [0, 0.1) is 11.6 Å². The average Bonchev–Trinajstić information content (AvgIpc) is 2.30. The number of nitrogens with one attached hydrogen (secondary N) is 1. The summed E-state index contributed by atoms with van der Waals surface area (Å²) in [5.74, 6) is -3.70. The Morgan fingerprint density at radius 1 is 1.33 bits per heavy atom. The standard InChI is InChI=1S/C12H13F2NO3/c1-2-10(12(17)18)15-11(16)6-7-3-4-8(13)9(14)5-7/h3-5,10H,2,6H2,1H3,(H,15,16)(H,17,18). The van der Waals surface area contributed by atoms with Crippen molar-refractivity contribution in [3.05, 3.63) is 35.4 Å². The fraction of sp³-hybridized carbons (Fsp3) is 0.333. The Hall–Kier alpha value is -1.98. The van der Waals surface area contributed by atoms with E-state index >= 15 is 0 Å². The lowest BCUT2D eigenvalue weighted by Crippen LogP contribution is -2.40. The molecule has 1 amide bonds. The Balaban J connectivity index is 2.64. The third kappa shape index (κ3) is 3.80. The number of amides is 1. The van der Waals surface area contributed by atoms with E-state index in [-0.39, 0.29) is 18.4 Å². The largest absolute Gasteiger partial charge is 0.480 e. The van der Waals surface area contributed by atoms with Gasteiger partial charge in [0.05, 0.1) is 6.42 Å². The number of rotatable bonds is 5. The van der Waals surface area contributed by atoms with Crippen molar-refractivity contribution in [3.8, 4) is 0 Å². The average molecular weight is 257 g/mol. The van der Waals surface area contributed by atoms with E-state index in [1.165, 1.54) is 6.07 Å². The summed E-state index contributed by atoms with van der Waals surface area (Å²) in [4.78, 5) is 22.2. The van der Waals surface area contributed by atoms with Crippen molar-refractivity contribution in [2.45, 2.75) is 25.8 Å². The van der Waals surface area contributed by atoms with E-state index in [0.29, 0.717) is 0 Å². The first kappa shape index (κ1) is 14.1. The molecule has 1 unspecified atom stereocenters. The van der Waals surface area contributed by atoms with Gasteiger partial charge in [-0.2, -0.15) is 0 Å². The number of benzene rings is 1. The van der Waals surface area contributed by atoms with E-state index in [9.17, 15) is 18.4 Å². The number of hydrogen-bond donors (Lipinski definition) is 2. The molecule has 1 aromatic carbocycles. The molecule has 0 saturated carbocycles. The number of carbonyl (C=O) groups excluding carboxylic acids is 1. The van der Waals surface area contributed by atoms with Gasteiger partial charge in [-0.05, 0) is 24.1 Å². The molecule has 0 aliphatic carbocycles. The van der Waals surface area contributed by atoms with Crippen molar-refractivity contribution in [2.75, 3.05) is 0 Å². The van der Waals surface area contributed by atoms with E-state index in [1.54, 1.807) is 6.92 Å². The summed E-state index contributed by atoms with van der Waals surface area (Å²) < 4.78 is 25.5. The topological polar surface area (TPSA) is 66.4 Å². The molecule has 1 aromatic rings. The number of carboxylic acid groups (broad SMARTS) is 1. The molecule has 0 bridgehead atoms. The maximum absolute atomic E-state index is 12.9. The van der Waals surface area contributed by atoms with Crippen LogP contribution in [0.5, 0.6) is 0 Å².